The number of primary amides is 1. The molecular formula is C15H12N6OS2. The average Bonchev–Trinajstić information content (AvgIpc) is 3.15. The van der Waals surface area contributed by atoms with Crippen molar-refractivity contribution in [2.24, 2.45) is 5.73 Å². The normalized spacial score (nSPS) is 11.2. The fourth-order valence-corrected chi connectivity index (χ4v) is 4.35. The Kier molecular flexibility index (Phi) is 3.32. The van der Waals surface area contributed by atoms with Gasteiger partial charge in [-0.05, 0) is 12.1 Å². The third-order valence-electron chi connectivity index (χ3n) is 3.53. The molecule has 120 valence electrons. The van der Waals surface area contributed by atoms with Crippen LogP contribution < -0.4 is 16.8 Å². The molecule has 4 rings (SSSR count). The number of nitrogens with zero attached hydrogens (tertiary/aromatic N) is 3. The molecule has 1 aromatic carbocycles. The van der Waals surface area contributed by atoms with E-state index in [1.54, 1.807) is 7.05 Å². The maximum absolute atomic E-state index is 11.6. The third-order valence-corrected chi connectivity index (χ3v) is 5.69. The predicted molar refractivity (Wildman–Crippen MR) is 98.5 cm³/mol. The molecule has 3 heterocycles. The first kappa shape index (κ1) is 14.8. The summed E-state index contributed by atoms with van der Waals surface area (Å²) in [5, 5.41) is 4.27. The number of nitrogens with one attached hydrogen (secondary N) is 1. The first-order valence-electron chi connectivity index (χ1n) is 7.02. The van der Waals surface area contributed by atoms with Crippen molar-refractivity contribution in [1.82, 2.24) is 15.0 Å². The zero-order valence-corrected chi connectivity index (χ0v) is 14.2. The summed E-state index contributed by atoms with van der Waals surface area (Å²) in [6, 6.07) is 7.84. The second-order valence-electron chi connectivity index (χ2n) is 5.02. The number of thiophene rings is 1. The summed E-state index contributed by atoms with van der Waals surface area (Å²) < 4.78 is 1.05. The molecule has 0 unspecified atom stereocenters. The Morgan fingerprint density at radius 2 is 1.96 bits per heavy atom. The molecule has 0 saturated carbocycles. The first-order chi connectivity index (χ1) is 11.6. The largest absolute Gasteiger partial charge is 0.397 e. The molecule has 0 radical (unpaired) electrons. The summed E-state index contributed by atoms with van der Waals surface area (Å²) in [7, 11) is 1.73. The Hall–Kier alpha value is -2.78. The Morgan fingerprint density at radius 1 is 1.17 bits per heavy atom. The monoisotopic (exact) mass is 356 g/mol. The summed E-state index contributed by atoms with van der Waals surface area (Å²) in [6.45, 7) is 0. The van der Waals surface area contributed by atoms with Gasteiger partial charge in [-0.3, -0.25) is 4.79 Å². The van der Waals surface area contributed by atoms with Crippen LogP contribution in [0.2, 0.25) is 0 Å². The molecule has 0 atom stereocenters. The van der Waals surface area contributed by atoms with E-state index in [0.717, 1.165) is 26.6 Å². The van der Waals surface area contributed by atoms with Gasteiger partial charge in [0.25, 0.3) is 5.91 Å². The lowest BCUT2D eigenvalue weighted by Crippen LogP contribution is -2.10. The summed E-state index contributed by atoms with van der Waals surface area (Å²) in [5.74, 6) is -0.134. The number of carbonyl (C=O) groups is 1. The van der Waals surface area contributed by atoms with Crippen LogP contribution in [-0.4, -0.2) is 27.9 Å². The number of thiazole rings is 1. The van der Waals surface area contributed by atoms with E-state index in [4.69, 9.17) is 11.5 Å². The minimum absolute atomic E-state index is 0.287. The maximum atomic E-state index is 11.6. The van der Waals surface area contributed by atoms with Crippen molar-refractivity contribution >= 4 is 60.6 Å². The van der Waals surface area contributed by atoms with Gasteiger partial charge in [-0.1, -0.05) is 12.1 Å². The number of carbonyl (C=O) groups excluding carboxylic acids is 1. The number of hydrogen-bond donors (Lipinski definition) is 3. The summed E-state index contributed by atoms with van der Waals surface area (Å²) in [4.78, 5) is 26.0. The standard InChI is InChI=1S/C15H12N6OS2/c1-18-15-20-10(14-19-6-4-2-3-5-7(6)23-14)8-9(16)11(12(17)22)24-13(8)21-15/h2-5H,16H2,1H3,(H2,17,22)(H,18,20,21). The van der Waals surface area contributed by atoms with Crippen molar-refractivity contribution in [2.75, 3.05) is 18.1 Å². The van der Waals surface area contributed by atoms with Crippen molar-refractivity contribution in [3.8, 4) is 10.7 Å². The Labute approximate surface area is 144 Å². The Bertz CT molecular complexity index is 1070. The molecule has 0 fully saturated rings. The number of rotatable bonds is 3. The lowest BCUT2D eigenvalue weighted by molar-refractivity contribution is 0.100. The molecule has 1 amide bonds. The quantitative estimate of drug-likeness (QED) is 0.519. The molecular weight excluding hydrogens is 344 g/mol. The van der Waals surface area contributed by atoms with Crippen LogP contribution >= 0.6 is 22.7 Å². The lowest BCUT2D eigenvalue weighted by atomic mass is 10.2. The van der Waals surface area contributed by atoms with E-state index in [2.05, 4.69) is 20.3 Å². The zero-order valence-electron chi connectivity index (χ0n) is 12.5. The number of para-hydroxylation sites is 1. The SMILES string of the molecule is CNc1nc(-c2nc3ccccc3s2)c2c(N)c(C(N)=O)sc2n1. The highest BCUT2D eigenvalue weighted by Gasteiger charge is 2.22. The lowest BCUT2D eigenvalue weighted by Gasteiger charge is -2.03. The van der Waals surface area contributed by atoms with Crippen molar-refractivity contribution in [2.45, 2.75) is 0 Å². The van der Waals surface area contributed by atoms with E-state index >= 15 is 0 Å². The van der Waals surface area contributed by atoms with Gasteiger partial charge >= 0.3 is 0 Å². The van der Waals surface area contributed by atoms with Crippen LogP contribution in [0.1, 0.15) is 9.67 Å². The van der Waals surface area contributed by atoms with Crippen LogP contribution in [0.3, 0.4) is 0 Å². The number of anilines is 2. The zero-order chi connectivity index (χ0) is 16.8. The van der Waals surface area contributed by atoms with Gasteiger partial charge in [-0.25, -0.2) is 15.0 Å². The molecule has 0 aliphatic rings. The van der Waals surface area contributed by atoms with Gasteiger partial charge in [0.15, 0.2) is 0 Å². The third kappa shape index (κ3) is 2.17. The van der Waals surface area contributed by atoms with E-state index in [-0.39, 0.29) is 4.88 Å². The fourth-order valence-electron chi connectivity index (χ4n) is 2.45. The van der Waals surface area contributed by atoms with Gasteiger partial charge in [0.1, 0.15) is 20.4 Å². The van der Waals surface area contributed by atoms with Gasteiger partial charge < -0.3 is 16.8 Å². The predicted octanol–water partition coefficient (Wildman–Crippen LogP) is 2.69. The van der Waals surface area contributed by atoms with Crippen LogP contribution in [0, 0.1) is 0 Å². The summed E-state index contributed by atoms with van der Waals surface area (Å²) in [6.07, 6.45) is 0. The molecule has 3 aromatic heterocycles. The maximum Gasteiger partial charge on any atom is 0.260 e. The van der Waals surface area contributed by atoms with Crippen molar-refractivity contribution in [1.29, 1.82) is 0 Å². The van der Waals surface area contributed by atoms with E-state index < -0.39 is 5.91 Å². The van der Waals surface area contributed by atoms with Gasteiger partial charge in [-0.15, -0.1) is 22.7 Å². The number of hydrogen-bond acceptors (Lipinski definition) is 8. The molecule has 0 spiro atoms. The minimum Gasteiger partial charge on any atom is -0.397 e. The van der Waals surface area contributed by atoms with E-state index in [0.29, 0.717) is 27.5 Å². The highest BCUT2D eigenvalue weighted by Crippen LogP contribution is 2.40. The Balaban J connectivity index is 2.07. The first-order valence-corrected chi connectivity index (χ1v) is 8.65. The van der Waals surface area contributed by atoms with Crippen molar-refractivity contribution in [3.05, 3.63) is 29.1 Å². The van der Waals surface area contributed by atoms with Gasteiger partial charge in [0.2, 0.25) is 5.95 Å². The number of benzene rings is 1. The molecule has 0 aliphatic heterocycles. The van der Waals surface area contributed by atoms with Gasteiger partial charge in [0, 0.05) is 7.05 Å². The summed E-state index contributed by atoms with van der Waals surface area (Å²) in [5.41, 5.74) is 13.4. The van der Waals surface area contributed by atoms with Crippen LogP contribution in [0.15, 0.2) is 24.3 Å². The van der Waals surface area contributed by atoms with Crippen molar-refractivity contribution in [3.63, 3.8) is 0 Å². The highest BCUT2D eigenvalue weighted by atomic mass is 32.1. The topological polar surface area (TPSA) is 120 Å². The van der Waals surface area contributed by atoms with Gasteiger partial charge in [0.05, 0.1) is 21.3 Å². The molecule has 5 N–H and O–H groups in total. The Morgan fingerprint density at radius 3 is 2.67 bits per heavy atom. The van der Waals surface area contributed by atoms with Crippen LogP contribution in [0.25, 0.3) is 31.1 Å². The van der Waals surface area contributed by atoms with E-state index in [9.17, 15) is 4.79 Å². The second kappa shape index (κ2) is 5.39. The molecule has 7 nitrogen and oxygen atoms in total. The van der Waals surface area contributed by atoms with Crippen LogP contribution in [0.4, 0.5) is 11.6 Å². The minimum atomic E-state index is -0.572. The molecule has 0 aliphatic carbocycles. The molecule has 9 heteroatoms. The number of nitrogen functional groups attached to an aromatic ring is 1. The number of fused-ring (bicyclic) bond motifs is 2. The summed E-state index contributed by atoms with van der Waals surface area (Å²) >= 11 is 2.68. The molecule has 0 bridgehead atoms. The van der Waals surface area contributed by atoms with Gasteiger partial charge in [-0.2, -0.15) is 0 Å². The highest BCUT2D eigenvalue weighted by molar-refractivity contribution is 7.22. The molecule has 4 aromatic rings. The van der Waals surface area contributed by atoms with E-state index in [1.807, 2.05) is 24.3 Å². The van der Waals surface area contributed by atoms with Crippen LogP contribution in [-0.2, 0) is 0 Å². The molecule has 24 heavy (non-hydrogen) atoms. The number of aromatic nitrogens is 3. The fraction of sp³-hybridized carbons (Fsp3) is 0.0667. The second-order valence-corrected chi connectivity index (χ2v) is 7.05. The number of amides is 1. The smallest absolute Gasteiger partial charge is 0.260 e. The van der Waals surface area contributed by atoms with Crippen LogP contribution in [0.5, 0.6) is 0 Å². The molecule has 0 saturated heterocycles. The average molecular weight is 356 g/mol. The number of nitrogens with two attached hydrogens (primary N) is 2. The van der Waals surface area contributed by atoms with E-state index in [1.165, 1.54) is 11.3 Å². The van der Waals surface area contributed by atoms with Crippen molar-refractivity contribution < 1.29 is 4.79 Å².